The number of alkyl halides is 2. The van der Waals surface area contributed by atoms with Crippen LogP contribution in [0.2, 0.25) is 10.0 Å². The van der Waals surface area contributed by atoms with Crippen LogP contribution in [0.3, 0.4) is 0 Å². The van der Waals surface area contributed by atoms with Crippen LogP contribution in [0, 0.1) is 0 Å². The van der Waals surface area contributed by atoms with Gasteiger partial charge in [0.1, 0.15) is 0 Å². The molecule has 0 amide bonds. The highest BCUT2D eigenvalue weighted by molar-refractivity contribution is 6.42. The highest BCUT2D eigenvalue weighted by atomic mass is 35.5. The van der Waals surface area contributed by atoms with E-state index in [1.165, 1.54) is 12.1 Å². The maximum atomic E-state index is 13.4. The van der Waals surface area contributed by atoms with Gasteiger partial charge >= 0.3 is 11.9 Å². The molecule has 0 heterocycles. The monoisotopic (exact) mass is 284 g/mol. The van der Waals surface area contributed by atoms with Crippen LogP contribution in [0.4, 0.5) is 8.78 Å². The average molecular weight is 285 g/mol. The highest BCUT2D eigenvalue weighted by Gasteiger charge is 2.57. The summed E-state index contributed by atoms with van der Waals surface area (Å²) in [5.74, 6) is -6.83. The summed E-state index contributed by atoms with van der Waals surface area (Å²) in [7, 11) is 0. The molecule has 3 nitrogen and oxygen atoms in total. The van der Waals surface area contributed by atoms with E-state index in [4.69, 9.17) is 28.3 Å². The Bertz CT molecular complexity index is 461. The number of halogens is 4. The first-order valence-corrected chi connectivity index (χ1v) is 5.16. The van der Waals surface area contributed by atoms with E-state index in [0.29, 0.717) is 6.92 Å². The molecule has 0 aromatic heterocycles. The van der Waals surface area contributed by atoms with Gasteiger partial charge in [-0.3, -0.25) is 0 Å². The number of aliphatic hydroxyl groups is 1. The molecule has 0 aliphatic rings. The first-order chi connectivity index (χ1) is 7.62. The molecule has 0 aliphatic heterocycles. The number of carbonyl (C=O) groups is 1. The molecule has 0 fully saturated rings. The van der Waals surface area contributed by atoms with Crippen LogP contribution in [-0.2, 0) is 10.4 Å². The number of carboxylic acid groups (broad SMARTS) is 1. The van der Waals surface area contributed by atoms with Gasteiger partial charge < -0.3 is 10.2 Å². The third-order valence-corrected chi connectivity index (χ3v) is 3.17. The maximum absolute atomic E-state index is 13.4. The summed E-state index contributed by atoms with van der Waals surface area (Å²) in [4.78, 5) is 10.5. The van der Waals surface area contributed by atoms with Gasteiger partial charge in [0.15, 0.2) is 5.60 Å². The summed E-state index contributed by atoms with van der Waals surface area (Å²) in [5, 5.41) is 17.8. The Hall–Kier alpha value is -0.910. The van der Waals surface area contributed by atoms with E-state index in [-0.39, 0.29) is 10.0 Å². The van der Waals surface area contributed by atoms with E-state index in [9.17, 15) is 18.7 Å². The molecule has 1 unspecified atom stereocenters. The fourth-order valence-electron chi connectivity index (χ4n) is 1.26. The van der Waals surface area contributed by atoms with E-state index in [1.807, 2.05) is 0 Å². The quantitative estimate of drug-likeness (QED) is 0.897. The van der Waals surface area contributed by atoms with Gasteiger partial charge in [-0.25, -0.2) is 4.79 Å². The summed E-state index contributed by atoms with van der Waals surface area (Å²) in [6.07, 6.45) is 0. The zero-order chi connectivity index (χ0) is 13.4. The fraction of sp³-hybridized carbons (Fsp3) is 0.300. The first kappa shape index (κ1) is 14.2. The van der Waals surface area contributed by atoms with Crippen molar-refractivity contribution in [3.05, 3.63) is 33.8 Å². The second kappa shape index (κ2) is 4.40. The molecular weight excluding hydrogens is 277 g/mol. The van der Waals surface area contributed by atoms with Gasteiger partial charge in [0.25, 0.3) is 0 Å². The van der Waals surface area contributed by atoms with E-state index in [1.54, 1.807) is 0 Å². The molecule has 0 aliphatic carbocycles. The molecule has 17 heavy (non-hydrogen) atoms. The Labute approximate surface area is 106 Å². The third-order valence-electron chi connectivity index (χ3n) is 2.36. The molecule has 0 radical (unpaired) electrons. The lowest BCUT2D eigenvalue weighted by molar-refractivity contribution is -0.207. The van der Waals surface area contributed by atoms with Crippen molar-refractivity contribution in [1.29, 1.82) is 0 Å². The second-order valence-corrected chi connectivity index (χ2v) is 4.34. The normalized spacial score (nSPS) is 15.4. The lowest BCUT2D eigenvalue weighted by atomic mass is 9.89. The van der Waals surface area contributed by atoms with Crippen LogP contribution < -0.4 is 0 Å². The van der Waals surface area contributed by atoms with Crippen LogP contribution in [0.25, 0.3) is 0 Å². The molecule has 94 valence electrons. The van der Waals surface area contributed by atoms with Gasteiger partial charge in [-0.1, -0.05) is 35.3 Å². The highest BCUT2D eigenvalue weighted by Crippen LogP contribution is 2.42. The smallest absolute Gasteiger partial charge is 0.378 e. The number of carboxylic acids is 1. The van der Waals surface area contributed by atoms with Crippen LogP contribution in [0.5, 0.6) is 0 Å². The summed E-state index contributed by atoms with van der Waals surface area (Å²) in [6, 6.07) is 3.71. The fourth-order valence-corrected chi connectivity index (χ4v) is 1.74. The predicted molar refractivity (Wildman–Crippen MR) is 58.6 cm³/mol. The average Bonchev–Trinajstić information content (AvgIpc) is 2.21. The predicted octanol–water partition coefficient (Wildman–Crippen LogP) is 2.92. The van der Waals surface area contributed by atoms with Gasteiger partial charge in [0.05, 0.1) is 10.0 Å². The van der Waals surface area contributed by atoms with Crippen LogP contribution in [-0.4, -0.2) is 22.1 Å². The van der Waals surface area contributed by atoms with Gasteiger partial charge in [-0.2, -0.15) is 8.78 Å². The third kappa shape index (κ3) is 2.22. The summed E-state index contributed by atoms with van der Waals surface area (Å²) in [6.45, 7) is 0.665. The topological polar surface area (TPSA) is 57.5 Å². The van der Waals surface area contributed by atoms with Gasteiger partial charge in [0.2, 0.25) is 0 Å². The maximum Gasteiger partial charge on any atom is 0.378 e. The number of hydrogen-bond donors (Lipinski definition) is 2. The van der Waals surface area contributed by atoms with Crippen LogP contribution in [0.1, 0.15) is 12.5 Å². The number of benzene rings is 1. The van der Waals surface area contributed by atoms with Gasteiger partial charge in [-0.15, -0.1) is 0 Å². The van der Waals surface area contributed by atoms with E-state index in [2.05, 4.69) is 0 Å². The minimum atomic E-state index is -4.39. The van der Waals surface area contributed by atoms with Crippen molar-refractivity contribution in [1.82, 2.24) is 0 Å². The number of hydrogen-bond acceptors (Lipinski definition) is 2. The lowest BCUT2D eigenvalue weighted by Gasteiger charge is -2.30. The SMILES string of the molecule is CC(O)(c1cccc(Cl)c1Cl)C(F)(F)C(=O)O. The Kier molecular flexibility index (Phi) is 3.66. The lowest BCUT2D eigenvalue weighted by Crippen LogP contribution is -2.49. The molecule has 0 bridgehead atoms. The van der Waals surface area contributed by atoms with Crippen LogP contribution >= 0.6 is 23.2 Å². The number of aliphatic carboxylic acids is 1. The van der Waals surface area contributed by atoms with Crippen molar-refractivity contribution < 1.29 is 23.8 Å². The Morgan fingerprint density at radius 1 is 1.35 bits per heavy atom. The second-order valence-electron chi connectivity index (χ2n) is 3.55. The van der Waals surface area contributed by atoms with E-state index >= 15 is 0 Å². The zero-order valence-electron chi connectivity index (χ0n) is 8.55. The Morgan fingerprint density at radius 3 is 2.35 bits per heavy atom. The molecule has 0 spiro atoms. The molecule has 1 atom stereocenters. The molecule has 1 aromatic carbocycles. The summed E-state index contributed by atoms with van der Waals surface area (Å²) < 4.78 is 26.7. The molecule has 0 saturated heterocycles. The van der Waals surface area contributed by atoms with Crippen molar-refractivity contribution in [2.75, 3.05) is 0 Å². The van der Waals surface area contributed by atoms with Crippen molar-refractivity contribution >= 4 is 29.2 Å². The largest absolute Gasteiger partial charge is 0.477 e. The minimum absolute atomic E-state index is 0.0503. The van der Waals surface area contributed by atoms with Crippen LogP contribution in [0.15, 0.2) is 18.2 Å². The van der Waals surface area contributed by atoms with Gasteiger partial charge in [0, 0.05) is 5.56 Å². The van der Waals surface area contributed by atoms with E-state index < -0.39 is 23.1 Å². The van der Waals surface area contributed by atoms with Gasteiger partial charge in [-0.05, 0) is 13.0 Å². The molecule has 0 saturated carbocycles. The zero-order valence-corrected chi connectivity index (χ0v) is 10.1. The molecule has 2 N–H and O–H groups in total. The molecule has 7 heteroatoms. The van der Waals surface area contributed by atoms with Crippen molar-refractivity contribution in [3.63, 3.8) is 0 Å². The summed E-state index contributed by atoms with van der Waals surface area (Å²) in [5.41, 5.74) is -3.40. The minimum Gasteiger partial charge on any atom is -0.477 e. The standard InChI is InChI=1S/C10H8Cl2F2O3/c1-9(17,10(13,14)8(15)16)5-3-2-4-6(11)7(5)12/h2-4,17H,1H3,(H,15,16). The van der Waals surface area contributed by atoms with Crippen molar-refractivity contribution in [2.24, 2.45) is 0 Å². The van der Waals surface area contributed by atoms with Crippen molar-refractivity contribution in [2.45, 2.75) is 18.4 Å². The Balaban J connectivity index is 3.41. The van der Waals surface area contributed by atoms with Crippen molar-refractivity contribution in [3.8, 4) is 0 Å². The summed E-state index contributed by atoms with van der Waals surface area (Å²) >= 11 is 11.3. The number of rotatable bonds is 3. The molecular formula is C10H8Cl2F2O3. The first-order valence-electron chi connectivity index (χ1n) is 4.40. The Morgan fingerprint density at radius 2 is 1.88 bits per heavy atom. The molecule has 1 rings (SSSR count). The molecule has 1 aromatic rings. The van der Waals surface area contributed by atoms with E-state index in [0.717, 1.165) is 6.07 Å².